The number of nitrogens with one attached hydrogen (secondary N) is 3. The van der Waals surface area contributed by atoms with Crippen LogP contribution in [0.3, 0.4) is 0 Å². The van der Waals surface area contributed by atoms with E-state index in [2.05, 4.69) is 41.9 Å². The van der Waals surface area contributed by atoms with Crippen molar-refractivity contribution in [1.82, 2.24) is 9.78 Å². The summed E-state index contributed by atoms with van der Waals surface area (Å²) < 4.78 is 74.8. The number of amides is 1. The fourth-order valence-electron chi connectivity index (χ4n) is 8.31. The molecule has 5 aromatic rings. The summed E-state index contributed by atoms with van der Waals surface area (Å²) in [5, 5.41) is 35.8. The third kappa shape index (κ3) is 16.1. The molecule has 0 unspecified atom stereocenters. The number of nitrogens with zero attached hydrogens (tertiary/aromatic N) is 6. The van der Waals surface area contributed by atoms with E-state index in [0.717, 1.165) is 30.0 Å². The van der Waals surface area contributed by atoms with Crippen molar-refractivity contribution < 1.29 is 41.3 Å². The van der Waals surface area contributed by atoms with Crippen LogP contribution in [0.1, 0.15) is 116 Å². The third-order valence-corrected chi connectivity index (χ3v) is 16.2. The van der Waals surface area contributed by atoms with Crippen LogP contribution in [0.15, 0.2) is 80.8 Å². The predicted octanol–water partition coefficient (Wildman–Crippen LogP) is 14.2. The average Bonchev–Trinajstić information content (AvgIpc) is 3.80. The molecule has 18 nitrogen and oxygen atoms in total. The number of carbonyl (C=O) groups is 1. The van der Waals surface area contributed by atoms with Gasteiger partial charge in [0.2, 0.25) is 5.91 Å². The van der Waals surface area contributed by atoms with Gasteiger partial charge in [-0.2, -0.15) is 10.2 Å². The summed E-state index contributed by atoms with van der Waals surface area (Å²) in [7, 11) is -9.14. The number of sulfonamides is 2. The van der Waals surface area contributed by atoms with Crippen LogP contribution in [-0.2, 0) is 29.6 Å². The zero-order chi connectivity index (χ0) is 54.1. The molecule has 1 aliphatic heterocycles. The maximum atomic E-state index is 14.4. The first-order chi connectivity index (χ1) is 36.0. The number of phenols is 2. The number of benzene rings is 4. The molecule has 6 rings (SSSR count). The van der Waals surface area contributed by atoms with Crippen LogP contribution < -0.4 is 24.4 Å². The summed E-state index contributed by atoms with van der Waals surface area (Å²) in [5.41, 5.74) is 0.633. The number of aromatic nitrogens is 2. The lowest BCUT2D eigenvalue weighted by Crippen LogP contribution is -2.37. The van der Waals surface area contributed by atoms with Gasteiger partial charge in [-0.15, -0.1) is 5.11 Å². The molecule has 1 aliphatic rings. The van der Waals surface area contributed by atoms with Gasteiger partial charge >= 0.3 is 0 Å². The van der Waals surface area contributed by atoms with Crippen molar-refractivity contribution in [3.63, 3.8) is 0 Å². The summed E-state index contributed by atoms with van der Waals surface area (Å²) in [6.07, 6.45) is 18.5. The standard InChI is InChI=1S/C52H64Cl3N9O9S2/c1-5-7-8-9-10-11-12-13-14-15-16-17-18-19-24-73-47-33-41(46(65)27-35(47)3)62-75(70,71)49-30-36(20-21-44(49)63-22-25-72-26-23-63)61-74(68,69)48-32-38(53)45(31-39(48)54)64-52(43(56-4)34-57-64)60-59-37-28-40(55)51(67)42(29-37)58-50(66)6-2/h20-21,27-34,61-62,65,67H,5-19,22-26H2,1-3H3,(H,58,66). The highest BCUT2D eigenvalue weighted by molar-refractivity contribution is 7.93. The molecule has 23 heteroatoms. The minimum Gasteiger partial charge on any atom is -0.506 e. The summed E-state index contributed by atoms with van der Waals surface area (Å²) in [6.45, 7) is 15.1. The molecule has 4 aromatic carbocycles. The van der Waals surface area contributed by atoms with Crippen molar-refractivity contribution in [2.24, 2.45) is 10.2 Å². The molecule has 0 atom stereocenters. The van der Waals surface area contributed by atoms with Crippen LogP contribution in [0.2, 0.25) is 15.1 Å². The molecule has 1 saturated heterocycles. The zero-order valence-electron chi connectivity index (χ0n) is 42.3. The number of hydrogen-bond acceptors (Lipinski definition) is 13. The van der Waals surface area contributed by atoms with Crippen molar-refractivity contribution in [3.05, 3.63) is 92.8 Å². The highest BCUT2D eigenvalue weighted by Gasteiger charge is 2.28. The fraction of sp³-hybridized carbons (Fsp3) is 0.442. The number of azo groups is 1. The van der Waals surface area contributed by atoms with Crippen molar-refractivity contribution in [3.8, 4) is 22.9 Å². The van der Waals surface area contributed by atoms with E-state index in [9.17, 15) is 31.8 Å². The predicted molar refractivity (Wildman–Crippen MR) is 296 cm³/mol. The van der Waals surface area contributed by atoms with E-state index in [-0.39, 0.29) is 83.5 Å². The number of halogens is 3. The second-order valence-corrected chi connectivity index (χ2v) is 22.6. The van der Waals surface area contributed by atoms with Gasteiger partial charge in [-0.1, -0.05) is 132 Å². The van der Waals surface area contributed by atoms with E-state index in [1.54, 1.807) is 18.7 Å². The minimum atomic E-state index is -4.60. The Balaban J connectivity index is 1.16. The van der Waals surface area contributed by atoms with E-state index in [1.807, 2.05) is 0 Å². The van der Waals surface area contributed by atoms with Crippen LogP contribution in [0, 0.1) is 13.5 Å². The first-order valence-corrected chi connectivity index (χ1v) is 29.2. The minimum absolute atomic E-state index is 0.0150. The Kier molecular flexibility index (Phi) is 21.7. The van der Waals surface area contributed by atoms with E-state index in [0.29, 0.717) is 44.2 Å². The second-order valence-electron chi connectivity index (χ2n) is 18.1. The van der Waals surface area contributed by atoms with E-state index < -0.39 is 30.8 Å². The van der Waals surface area contributed by atoms with Crippen LogP contribution in [0.5, 0.6) is 17.2 Å². The molecule has 0 spiro atoms. The number of phenolic OH excluding ortho intramolecular Hbond substituents is 2. The molecule has 0 aliphatic carbocycles. The molecular weight excluding hydrogens is 1070 g/mol. The number of morpholine rings is 1. The van der Waals surface area contributed by atoms with Gasteiger partial charge in [-0.25, -0.2) is 26.4 Å². The molecule has 0 saturated carbocycles. The number of aryl methyl sites for hydroxylation is 1. The maximum Gasteiger partial charge on any atom is 0.264 e. The largest absolute Gasteiger partial charge is 0.506 e. The molecule has 0 radical (unpaired) electrons. The van der Waals surface area contributed by atoms with Crippen molar-refractivity contribution in [2.45, 2.75) is 127 Å². The van der Waals surface area contributed by atoms with Crippen LogP contribution in [0.25, 0.3) is 10.5 Å². The lowest BCUT2D eigenvalue weighted by atomic mass is 10.0. The average molecular weight is 1130 g/mol. The molecule has 2 heterocycles. The SMILES string of the molecule is [C-]#[N+]c1cnn(-c2cc(Cl)c(S(=O)(=O)Nc3ccc(N4CCOCC4)c(S(=O)(=O)Nc4cc(OCCCCCCCCCCCCCCCC)c(C)cc4O)c3)cc2Cl)c1N=Nc1cc(Cl)c(O)c(NC(=O)CC)c1. The third-order valence-electron chi connectivity index (χ3n) is 12.4. The first-order valence-electron chi connectivity index (χ1n) is 25.1. The molecule has 1 amide bonds. The Morgan fingerprint density at radius 2 is 1.40 bits per heavy atom. The van der Waals surface area contributed by atoms with Crippen LogP contribution >= 0.6 is 34.8 Å². The molecule has 0 bridgehead atoms. The highest BCUT2D eigenvalue weighted by atomic mass is 35.5. The number of rotatable bonds is 28. The summed E-state index contributed by atoms with van der Waals surface area (Å²) >= 11 is 19.6. The van der Waals surface area contributed by atoms with Gasteiger partial charge in [0, 0.05) is 25.6 Å². The number of carbonyl (C=O) groups excluding carboxylic acids is 1. The van der Waals surface area contributed by atoms with Gasteiger partial charge in [0.15, 0.2) is 11.6 Å². The van der Waals surface area contributed by atoms with Crippen molar-refractivity contribution in [2.75, 3.05) is 52.6 Å². The summed E-state index contributed by atoms with van der Waals surface area (Å²) in [4.78, 5) is 16.5. The van der Waals surface area contributed by atoms with Gasteiger partial charge in [0.25, 0.3) is 25.7 Å². The molecule has 1 fully saturated rings. The monoisotopic (exact) mass is 1130 g/mol. The summed E-state index contributed by atoms with van der Waals surface area (Å²) in [5.74, 6) is -0.833. The van der Waals surface area contributed by atoms with Crippen molar-refractivity contribution >= 4 is 101 Å². The topological polar surface area (TPSA) is 230 Å². The Hall–Kier alpha value is -5.82. The highest BCUT2D eigenvalue weighted by Crippen LogP contribution is 2.41. The Bertz CT molecular complexity index is 3090. The molecule has 1 aromatic heterocycles. The number of anilines is 4. The van der Waals surface area contributed by atoms with Crippen LogP contribution in [0.4, 0.5) is 39.9 Å². The Labute approximate surface area is 454 Å². The number of unbranched alkanes of at least 4 members (excludes halogenated alkanes) is 13. The Morgan fingerprint density at radius 3 is 2.04 bits per heavy atom. The zero-order valence-corrected chi connectivity index (χ0v) is 46.2. The van der Waals surface area contributed by atoms with Crippen LogP contribution in [-0.4, -0.2) is 75.6 Å². The fourth-order valence-corrected chi connectivity index (χ4v) is 11.7. The molecule has 5 N–H and O–H groups in total. The van der Waals surface area contributed by atoms with Crippen molar-refractivity contribution in [1.29, 1.82) is 0 Å². The quantitative estimate of drug-likeness (QED) is 0.0137. The molecule has 75 heavy (non-hydrogen) atoms. The molecular formula is C52H64Cl3N9O9S2. The molecule has 404 valence electrons. The lowest BCUT2D eigenvalue weighted by molar-refractivity contribution is -0.115. The Morgan fingerprint density at radius 1 is 0.760 bits per heavy atom. The van der Waals surface area contributed by atoms with Gasteiger partial charge in [0.05, 0.1) is 81.8 Å². The number of aromatic hydroxyl groups is 2. The van der Waals surface area contributed by atoms with Gasteiger partial charge in [-0.3, -0.25) is 14.2 Å². The normalized spacial score (nSPS) is 13.0. The smallest absolute Gasteiger partial charge is 0.264 e. The van der Waals surface area contributed by atoms with E-state index in [1.165, 1.54) is 125 Å². The first kappa shape index (κ1) is 58.4. The van der Waals surface area contributed by atoms with Gasteiger partial charge in [0.1, 0.15) is 21.3 Å². The number of hydrogen-bond donors (Lipinski definition) is 5. The summed E-state index contributed by atoms with van der Waals surface area (Å²) in [6, 6.07) is 11.8. The second kappa shape index (κ2) is 27.8. The van der Waals surface area contributed by atoms with Gasteiger partial charge < -0.3 is 29.9 Å². The maximum absolute atomic E-state index is 14.4. The van der Waals surface area contributed by atoms with Gasteiger partial charge in [-0.05, 0) is 67.4 Å². The van der Waals surface area contributed by atoms with E-state index in [4.69, 9.17) is 50.8 Å². The number of ether oxygens (including phenoxy) is 2. The lowest BCUT2D eigenvalue weighted by Gasteiger charge is -2.30. The van der Waals surface area contributed by atoms with E-state index >= 15 is 0 Å².